The highest BCUT2D eigenvalue weighted by molar-refractivity contribution is 6.30. The average molecular weight is 367 g/mol. The van der Waals surface area contributed by atoms with Gasteiger partial charge in [0.1, 0.15) is 5.75 Å². The lowest BCUT2D eigenvalue weighted by Gasteiger charge is -2.18. The highest BCUT2D eigenvalue weighted by Gasteiger charge is 2.34. The van der Waals surface area contributed by atoms with Crippen LogP contribution in [-0.2, 0) is 0 Å². The van der Waals surface area contributed by atoms with E-state index in [0.717, 1.165) is 0 Å². The van der Waals surface area contributed by atoms with Crippen molar-refractivity contribution in [1.29, 1.82) is 0 Å². The monoisotopic (exact) mass is 366 g/mol. The number of methoxy groups -OCH3 is 1. The molecule has 2 atom stereocenters. The molecule has 3 rings (SSSR count). The van der Waals surface area contributed by atoms with Crippen molar-refractivity contribution in [2.75, 3.05) is 20.2 Å². The Morgan fingerprint density at radius 3 is 2.58 bits per heavy atom. The van der Waals surface area contributed by atoms with Crippen molar-refractivity contribution in [2.45, 2.75) is 12.0 Å². The number of hydrogen-bond donors (Lipinski definition) is 1. The van der Waals surface area contributed by atoms with Gasteiger partial charge >= 0.3 is 0 Å². The fourth-order valence-electron chi connectivity index (χ4n) is 3.06. The van der Waals surface area contributed by atoms with Gasteiger partial charge < -0.3 is 15.4 Å². The third kappa shape index (κ3) is 3.66. The minimum Gasteiger partial charge on any atom is -0.496 e. The lowest BCUT2D eigenvalue weighted by Crippen LogP contribution is -2.32. The van der Waals surface area contributed by atoms with Gasteiger partial charge in [0.25, 0.3) is 5.91 Å². The van der Waals surface area contributed by atoms with Crippen LogP contribution in [0.2, 0.25) is 5.02 Å². The number of nitrogens with zero attached hydrogens (tertiary/aromatic N) is 1. The summed E-state index contributed by atoms with van der Waals surface area (Å²) in [6, 6.07) is 15.1. The molecule has 0 bridgehead atoms. The van der Waals surface area contributed by atoms with E-state index < -0.39 is 0 Å². The Bertz CT molecular complexity index is 709. The van der Waals surface area contributed by atoms with Crippen LogP contribution in [-0.4, -0.2) is 37.0 Å². The summed E-state index contributed by atoms with van der Waals surface area (Å²) in [4.78, 5) is 14.6. The molecule has 0 saturated carbocycles. The maximum Gasteiger partial charge on any atom is 0.257 e. The topological polar surface area (TPSA) is 55.6 Å². The molecule has 4 nitrogen and oxygen atoms in total. The molecule has 0 unspecified atom stereocenters. The van der Waals surface area contributed by atoms with Crippen molar-refractivity contribution >= 4 is 29.9 Å². The van der Waals surface area contributed by atoms with Crippen LogP contribution in [0.15, 0.2) is 48.5 Å². The predicted molar refractivity (Wildman–Crippen MR) is 98.3 cm³/mol. The molecule has 1 amide bonds. The van der Waals surface area contributed by atoms with Crippen LogP contribution in [0.4, 0.5) is 0 Å². The maximum atomic E-state index is 12.8. The zero-order valence-electron chi connectivity index (χ0n) is 13.3. The number of amides is 1. The molecule has 2 aromatic carbocycles. The fourth-order valence-corrected chi connectivity index (χ4v) is 3.22. The first kappa shape index (κ1) is 18.6. The number of rotatable bonds is 3. The molecule has 6 heteroatoms. The van der Waals surface area contributed by atoms with Crippen LogP contribution in [0.1, 0.15) is 21.8 Å². The second kappa shape index (κ2) is 7.88. The predicted octanol–water partition coefficient (Wildman–Crippen LogP) is 3.34. The van der Waals surface area contributed by atoms with E-state index in [0.29, 0.717) is 29.4 Å². The van der Waals surface area contributed by atoms with Crippen LogP contribution < -0.4 is 10.5 Å². The minimum absolute atomic E-state index is 0. The Kier molecular flexibility index (Phi) is 6.10. The summed E-state index contributed by atoms with van der Waals surface area (Å²) in [6.45, 7) is 1.14. The molecule has 1 aliphatic heterocycles. The number of ether oxygens (including phenoxy) is 1. The van der Waals surface area contributed by atoms with Crippen molar-refractivity contribution in [3.63, 3.8) is 0 Å². The Balaban J connectivity index is 0.00000208. The lowest BCUT2D eigenvalue weighted by molar-refractivity contribution is 0.0786. The summed E-state index contributed by atoms with van der Waals surface area (Å²) in [7, 11) is 1.53. The van der Waals surface area contributed by atoms with Crippen LogP contribution in [0.25, 0.3) is 0 Å². The van der Waals surface area contributed by atoms with Gasteiger partial charge in [-0.15, -0.1) is 12.4 Å². The number of carbonyl (C=O) groups excluding carboxylic acids is 1. The molecule has 2 N–H and O–H groups in total. The zero-order chi connectivity index (χ0) is 16.4. The number of halogens is 2. The minimum atomic E-state index is -0.0765. The van der Waals surface area contributed by atoms with Crippen molar-refractivity contribution in [3.8, 4) is 5.75 Å². The summed E-state index contributed by atoms with van der Waals surface area (Å²) in [5.74, 6) is 0.560. The SMILES string of the molecule is COc1cc(Cl)ccc1C(=O)N1C[C@@H](N)[C@H](c2ccccc2)C1.Cl. The largest absolute Gasteiger partial charge is 0.496 e. The standard InChI is InChI=1S/C18H19ClN2O2.ClH/c1-23-17-9-13(19)7-8-14(17)18(22)21-10-15(16(20)11-21)12-5-3-2-4-6-12;/h2-9,15-16H,10-11,20H2,1H3;1H/t15-,16+;/m0./s1. The molecule has 128 valence electrons. The molecule has 0 spiro atoms. The second-order valence-electron chi connectivity index (χ2n) is 5.74. The summed E-state index contributed by atoms with van der Waals surface area (Å²) in [5, 5.41) is 0.540. The van der Waals surface area contributed by atoms with Gasteiger partial charge in [0.15, 0.2) is 0 Å². The van der Waals surface area contributed by atoms with Gasteiger partial charge in [-0.05, 0) is 23.8 Å². The molecule has 1 saturated heterocycles. The number of nitrogens with two attached hydrogens (primary N) is 1. The molecule has 2 aromatic rings. The number of hydrogen-bond acceptors (Lipinski definition) is 3. The van der Waals surface area contributed by atoms with E-state index >= 15 is 0 Å². The Morgan fingerprint density at radius 2 is 1.92 bits per heavy atom. The van der Waals surface area contributed by atoms with Crippen LogP contribution >= 0.6 is 24.0 Å². The van der Waals surface area contributed by atoms with Crippen molar-refractivity contribution in [1.82, 2.24) is 4.90 Å². The second-order valence-corrected chi connectivity index (χ2v) is 6.17. The van der Waals surface area contributed by atoms with Crippen molar-refractivity contribution in [3.05, 3.63) is 64.7 Å². The van der Waals surface area contributed by atoms with E-state index in [4.69, 9.17) is 22.1 Å². The quantitative estimate of drug-likeness (QED) is 0.905. The molecule has 1 aliphatic rings. The summed E-state index contributed by atoms with van der Waals surface area (Å²) < 4.78 is 5.28. The van der Waals surface area contributed by atoms with Gasteiger partial charge in [0, 0.05) is 30.1 Å². The molecule has 0 aromatic heterocycles. The molecule has 0 aliphatic carbocycles. The molecule has 0 radical (unpaired) electrons. The van der Waals surface area contributed by atoms with E-state index in [1.807, 2.05) is 18.2 Å². The van der Waals surface area contributed by atoms with Gasteiger partial charge in [0.2, 0.25) is 0 Å². The highest BCUT2D eigenvalue weighted by Crippen LogP contribution is 2.30. The van der Waals surface area contributed by atoms with Crippen LogP contribution in [0, 0.1) is 0 Å². The first-order valence-corrected chi connectivity index (χ1v) is 7.91. The zero-order valence-corrected chi connectivity index (χ0v) is 14.9. The first-order valence-electron chi connectivity index (χ1n) is 7.53. The molecule has 24 heavy (non-hydrogen) atoms. The summed E-state index contributed by atoms with van der Waals surface area (Å²) in [6.07, 6.45) is 0. The van der Waals surface area contributed by atoms with Crippen LogP contribution in [0.5, 0.6) is 5.75 Å². The van der Waals surface area contributed by atoms with Gasteiger partial charge in [0.05, 0.1) is 12.7 Å². The molecular weight excluding hydrogens is 347 g/mol. The van der Waals surface area contributed by atoms with E-state index in [2.05, 4.69) is 12.1 Å². The summed E-state index contributed by atoms with van der Waals surface area (Å²) >= 11 is 5.96. The average Bonchev–Trinajstić information content (AvgIpc) is 2.96. The Morgan fingerprint density at radius 1 is 1.21 bits per heavy atom. The summed E-state index contributed by atoms with van der Waals surface area (Å²) in [5.41, 5.74) is 7.94. The van der Waals surface area contributed by atoms with Gasteiger partial charge in [-0.1, -0.05) is 41.9 Å². The normalized spacial score (nSPS) is 19.7. The Labute approximate surface area is 153 Å². The van der Waals surface area contributed by atoms with Crippen LogP contribution in [0.3, 0.4) is 0 Å². The van der Waals surface area contributed by atoms with E-state index in [9.17, 15) is 4.79 Å². The number of carbonyl (C=O) groups is 1. The highest BCUT2D eigenvalue weighted by atomic mass is 35.5. The van der Waals surface area contributed by atoms with Crippen molar-refractivity contribution in [2.24, 2.45) is 5.73 Å². The van der Waals surface area contributed by atoms with Gasteiger partial charge in [-0.25, -0.2) is 0 Å². The molecular formula is C18H20Cl2N2O2. The lowest BCUT2D eigenvalue weighted by atomic mass is 9.95. The van der Waals surface area contributed by atoms with E-state index in [-0.39, 0.29) is 30.3 Å². The number of likely N-dealkylation sites (tertiary alicyclic amines) is 1. The third-order valence-corrected chi connectivity index (χ3v) is 4.51. The Hall–Kier alpha value is -1.75. The third-order valence-electron chi connectivity index (χ3n) is 4.27. The smallest absolute Gasteiger partial charge is 0.257 e. The molecule has 1 fully saturated rings. The number of benzene rings is 2. The van der Waals surface area contributed by atoms with E-state index in [1.165, 1.54) is 12.7 Å². The molecule has 1 heterocycles. The first-order chi connectivity index (χ1) is 11.1. The van der Waals surface area contributed by atoms with Gasteiger partial charge in [-0.2, -0.15) is 0 Å². The fraction of sp³-hybridized carbons (Fsp3) is 0.278. The maximum absolute atomic E-state index is 12.8. The van der Waals surface area contributed by atoms with E-state index in [1.54, 1.807) is 23.1 Å². The van der Waals surface area contributed by atoms with Gasteiger partial charge in [-0.3, -0.25) is 4.79 Å². The van der Waals surface area contributed by atoms with Crippen molar-refractivity contribution < 1.29 is 9.53 Å².